The summed E-state index contributed by atoms with van der Waals surface area (Å²) in [5, 5.41) is 3.19. The Labute approximate surface area is 104 Å². The Morgan fingerprint density at radius 1 is 1.41 bits per heavy atom. The van der Waals surface area contributed by atoms with Crippen LogP contribution in [0.15, 0.2) is 0 Å². The van der Waals surface area contributed by atoms with Crippen LogP contribution in [-0.2, 0) is 9.53 Å². The van der Waals surface area contributed by atoms with Gasteiger partial charge in [0.15, 0.2) is 0 Å². The van der Waals surface area contributed by atoms with Crippen molar-refractivity contribution in [3.05, 3.63) is 0 Å². The highest BCUT2D eigenvalue weighted by Gasteiger charge is 2.37. The molecule has 98 valence electrons. The molecular formula is C13H24N2O2. The van der Waals surface area contributed by atoms with Gasteiger partial charge in [-0.1, -0.05) is 6.92 Å². The van der Waals surface area contributed by atoms with Crippen LogP contribution in [0.2, 0.25) is 0 Å². The third-order valence-electron chi connectivity index (χ3n) is 3.75. The average Bonchev–Trinajstić information content (AvgIpc) is 3.02. The van der Waals surface area contributed by atoms with Gasteiger partial charge < -0.3 is 15.0 Å². The Hall–Kier alpha value is -0.610. The minimum absolute atomic E-state index is 0.0188. The zero-order valence-electron chi connectivity index (χ0n) is 10.9. The summed E-state index contributed by atoms with van der Waals surface area (Å²) in [5.74, 6) is 1.07. The molecule has 0 aromatic rings. The molecule has 2 rings (SSSR count). The van der Waals surface area contributed by atoms with Crippen LogP contribution < -0.4 is 5.32 Å². The van der Waals surface area contributed by atoms with E-state index in [4.69, 9.17) is 4.74 Å². The smallest absolute Gasteiger partial charge is 0.229 e. The van der Waals surface area contributed by atoms with Crippen molar-refractivity contribution in [1.29, 1.82) is 0 Å². The number of amides is 1. The van der Waals surface area contributed by atoms with E-state index in [-0.39, 0.29) is 17.9 Å². The van der Waals surface area contributed by atoms with Crippen LogP contribution in [0, 0.1) is 11.8 Å². The van der Waals surface area contributed by atoms with Crippen molar-refractivity contribution in [2.24, 2.45) is 11.8 Å². The molecule has 4 heteroatoms. The number of hydrogen-bond acceptors (Lipinski definition) is 3. The number of carbonyl (C=O) groups excluding carboxylic acids is 1. The summed E-state index contributed by atoms with van der Waals surface area (Å²) in [6.45, 7) is 5.22. The number of carbonyl (C=O) groups is 1. The van der Waals surface area contributed by atoms with Crippen molar-refractivity contribution < 1.29 is 9.53 Å². The van der Waals surface area contributed by atoms with E-state index in [9.17, 15) is 4.79 Å². The van der Waals surface area contributed by atoms with Gasteiger partial charge in [-0.3, -0.25) is 4.79 Å². The average molecular weight is 240 g/mol. The summed E-state index contributed by atoms with van der Waals surface area (Å²) in [6, 6.07) is 0.195. The number of ether oxygens (including phenoxy) is 1. The number of likely N-dealkylation sites (N-methyl/N-ethyl adjacent to an activating group) is 1. The lowest BCUT2D eigenvalue weighted by Crippen LogP contribution is -2.45. The largest absolute Gasteiger partial charge is 0.379 e. The van der Waals surface area contributed by atoms with Gasteiger partial charge in [-0.05, 0) is 32.2 Å². The summed E-state index contributed by atoms with van der Waals surface area (Å²) in [7, 11) is 1.91. The van der Waals surface area contributed by atoms with Crippen LogP contribution in [0.5, 0.6) is 0 Å². The predicted octanol–water partition coefficient (Wildman–Crippen LogP) is 0.869. The second-order valence-electron chi connectivity index (χ2n) is 5.27. The van der Waals surface area contributed by atoms with Gasteiger partial charge >= 0.3 is 0 Å². The van der Waals surface area contributed by atoms with Gasteiger partial charge in [-0.15, -0.1) is 0 Å². The van der Waals surface area contributed by atoms with Gasteiger partial charge in [0.2, 0.25) is 5.91 Å². The van der Waals surface area contributed by atoms with E-state index in [0.717, 1.165) is 25.4 Å². The quantitative estimate of drug-likeness (QED) is 0.749. The van der Waals surface area contributed by atoms with Gasteiger partial charge in [0.25, 0.3) is 0 Å². The number of rotatable bonds is 6. The number of nitrogens with one attached hydrogen (secondary N) is 1. The lowest BCUT2D eigenvalue weighted by Gasteiger charge is -2.27. The van der Waals surface area contributed by atoms with Crippen molar-refractivity contribution >= 4 is 5.91 Å². The Balaban J connectivity index is 1.93. The van der Waals surface area contributed by atoms with Crippen LogP contribution in [0.3, 0.4) is 0 Å². The van der Waals surface area contributed by atoms with Gasteiger partial charge in [0.1, 0.15) is 0 Å². The fourth-order valence-corrected chi connectivity index (χ4v) is 2.49. The van der Waals surface area contributed by atoms with Crippen molar-refractivity contribution in [2.75, 3.05) is 33.4 Å². The van der Waals surface area contributed by atoms with Crippen LogP contribution in [-0.4, -0.2) is 50.2 Å². The Morgan fingerprint density at radius 3 is 2.76 bits per heavy atom. The molecule has 1 N–H and O–H groups in total. The SMILES string of the molecule is CCCN(CC1CC1)C(=O)C1COCC1NC. The second kappa shape index (κ2) is 5.83. The Bertz CT molecular complexity index is 266. The van der Waals surface area contributed by atoms with E-state index >= 15 is 0 Å². The molecule has 2 fully saturated rings. The molecule has 0 bridgehead atoms. The number of nitrogens with zero attached hydrogens (tertiary/aromatic N) is 1. The third-order valence-corrected chi connectivity index (χ3v) is 3.75. The topological polar surface area (TPSA) is 41.6 Å². The standard InChI is InChI=1S/C13H24N2O2/c1-3-6-15(7-10-4-5-10)13(16)11-8-17-9-12(11)14-2/h10-12,14H,3-9H2,1-2H3. The highest BCUT2D eigenvalue weighted by molar-refractivity contribution is 5.80. The Morgan fingerprint density at radius 2 is 2.18 bits per heavy atom. The summed E-state index contributed by atoms with van der Waals surface area (Å²) in [5.41, 5.74) is 0. The van der Waals surface area contributed by atoms with E-state index in [1.54, 1.807) is 0 Å². The summed E-state index contributed by atoms with van der Waals surface area (Å²) >= 11 is 0. The minimum Gasteiger partial charge on any atom is -0.379 e. The summed E-state index contributed by atoms with van der Waals surface area (Å²) in [4.78, 5) is 14.5. The molecule has 1 amide bonds. The van der Waals surface area contributed by atoms with Crippen molar-refractivity contribution in [3.8, 4) is 0 Å². The van der Waals surface area contributed by atoms with Crippen LogP contribution in [0.25, 0.3) is 0 Å². The zero-order chi connectivity index (χ0) is 12.3. The fourth-order valence-electron chi connectivity index (χ4n) is 2.49. The molecule has 2 atom stereocenters. The maximum Gasteiger partial charge on any atom is 0.229 e. The molecule has 1 heterocycles. The predicted molar refractivity (Wildman–Crippen MR) is 66.8 cm³/mol. The second-order valence-corrected chi connectivity index (χ2v) is 5.27. The van der Waals surface area contributed by atoms with E-state index in [0.29, 0.717) is 13.2 Å². The summed E-state index contributed by atoms with van der Waals surface area (Å²) < 4.78 is 5.42. The molecule has 1 saturated carbocycles. The highest BCUT2D eigenvalue weighted by atomic mass is 16.5. The Kier molecular flexibility index (Phi) is 4.40. The van der Waals surface area contributed by atoms with Gasteiger partial charge in [-0.2, -0.15) is 0 Å². The summed E-state index contributed by atoms with van der Waals surface area (Å²) in [6.07, 6.45) is 3.63. The molecule has 17 heavy (non-hydrogen) atoms. The minimum atomic E-state index is 0.0188. The number of hydrogen-bond donors (Lipinski definition) is 1. The van der Waals surface area contributed by atoms with Crippen molar-refractivity contribution in [1.82, 2.24) is 10.2 Å². The van der Waals surface area contributed by atoms with Gasteiger partial charge in [-0.25, -0.2) is 0 Å². The first kappa shape index (κ1) is 12.8. The highest BCUT2D eigenvalue weighted by Crippen LogP contribution is 2.30. The zero-order valence-corrected chi connectivity index (χ0v) is 10.9. The van der Waals surface area contributed by atoms with Crippen LogP contribution in [0.1, 0.15) is 26.2 Å². The third kappa shape index (κ3) is 3.19. The molecule has 1 saturated heterocycles. The van der Waals surface area contributed by atoms with E-state index < -0.39 is 0 Å². The lowest BCUT2D eigenvalue weighted by atomic mass is 10.0. The normalized spacial score (nSPS) is 28.4. The molecule has 4 nitrogen and oxygen atoms in total. The van der Waals surface area contributed by atoms with Gasteiger partial charge in [0, 0.05) is 19.1 Å². The maximum atomic E-state index is 12.5. The molecule has 0 radical (unpaired) electrons. The molecule has 1 aliphatic carbocycles. The monoisotopic (exact) mass is 240 g/mol. The van der Waals surface area contributed by atoms with Crippen LogP contribution >= 0.6 is 0 Å². The van der Waals surface area contributed by atoms with Crippen LogP contribution in [0.4, 0.5) is 0 Å². The molecule has 0 spiro atoms. The van der Waals surface area contributed by atoms with E-state index in [1.807, 2.05) is 7.05 Å². The first-order chi connectivity index (χ1) is 8.26. The molecule has 2 unspecified atom stereocenters. The van der Waals surface area contributed by atoms with E-state index in [1.165, 1.54) is 12.8 Å². The first-order valence-electron chi connectivity index (χ1n) is 6.80. The maximum absolute atomic E-state index is 12.5. The molecule has 0 aromatic heterocycles. The van der Waals surface area contributed by atoms with E-state index in [2.05, 4.69) is 17.1 Å². The lowest BCUT2D eigenvalue weighted by molar-refractivity contribution is -0.136. The molecule has 1 aliphatic heterocycles. The first-order valence-corrected chi connectivity index (χ1v) is 6.80. The molecular weight excluding hydrogens is 216 g/mol. The van der Waals surface area contributed by atoms with Crippen molar-refractivity contribution in [2.45, 2.75) is 32.2 Å². The molecule has 2 aliphatic rings. The van der Waals surface area contributed by atoms with Crippen molar-refractivity contribution in [3.63, 3.8) is 0 Å². The fraction of sp³-hybridized carbons (Fsp3) is 0.923. The molecule has 0 aromatic carbocycles. The van der Waals surface area contributed by atoms with Gasteiger partial charge in [0.05, 0.1) is 19.1 Å².